The largest absolute Gasteiger partial charge is 0.598 e. The number of pyridine rings is 1. The number of nitrogens with one attached hydrogen (secondary N) is 1. The van der Waals surface area contributed by atoms with Crippen LogP contribution in [-0.2, 0) is 11.4 Å². The molecule has 1 rings (SSSR count). The standard InChI is InChI=1S/C11H17BrN2OS/c1-8(14-16(15)11(2,3)4)9-5-6-10(12)13-7-9/h5-8,14H,1-4H3. The minimum atomic E-state index is -1.06. The van der Waals surface area contributed by atoms with Crippen molar-refractivity contribution in [3.05, 3.63) is 28.5 Å². The number of aromatic nitrogens is 1. The van der Waals surface area contributed by atoms with Crippen LogP contribution in [0.5, 0.6) is 0 Å². The molecule has 1 aromatic rings. The van der Waals surface area contributed by atoms with Crippen molar-refractivity contribution in [3.63, 3.8) is 0 Å². The van der Waals surface area contributed by atoms with E-state index >= 15 is 0 Å². The lowest BCUT2D eigenvalue weighted by Gasteiger charge is -2.26. The predicted octanol–water partition coefficient (Wildman–Crippen LogP) is 2.96. The Labute approximate surface area is 108 Å². The summed E-state index contributed by atoms with van der Waals surface area (Å²) >= 11 is 2.22. The van der Waals surface area contributed by atoms with Crippen molar-refractivity contribution in [2.45, 2.75) is 38.5 Å². The Morgan fingerprint density at radius 2 is 2.06 bits per heavy atom. The van der Waals surface area contributed by atoms with Gasteiger partial charge in [0.25, 0.3) is 0 Å². The molecular formula is C11H17BrN2OS. The molecule has 0 spiro atoms. The Bertz CT molecular complexity index is 337. The number of hydrogen-bond donors (Lipinski definition) is 1. The van der Waals surface area contributed by atoms with Gasteiger partial charge in [-0.25, -0.2) is 4.98 Å². The SMILES string of the molecule is CC(N[S+]([O-])C(C)(C)C)c1ccc(Br)nc1. The first kappa shape index (κ1) is 14.0. The number of halogens is 1. The lowest BCUT2D eigenvalue weighted by Crippen LogP contribution is -2.40. The highest BCUT2D eigenvalue weighted by Gasteiger charge is 2.28. The van der Waals surface area contributed by atoms with Gasteiger partial charge in [0.1, 0.15) is 9.35 Å². The van der Waals surface area contributed by atoms with Gasteiger partial charge in [0, 0.05) is 17.6 Å². The second kappa shape index (κ2) is 5.49. The normalized spacial score (nSPS) is 15.9. The summed E-state index contributed by atoms with van der Waals surface area (Å²) in [6, 6.07) is 3.88. The zero-order valence-corrected chi connectivity index (χ0v) is 12.4. The summed E-state index contributed by atoms with van der Waals surface area (Å²) in [5, 5.41) is 0. The third-order valence-corrected chi connectivity index (χ3v) is 4.24. The topological polar surface area (TPSA) is 48.0 Å². The average Bonchev–Trinajstić information content (AvgIpc) is 2.17. The lowest BCUT2D eigenvalue weighted by atomic mass is 10.2. The quantitative estimate of drug-likeness (QED) is 0.690. The molecule has 0 amide bonds. The molecule has 16 heavy (non-hydrogen) atoms. The van der Waals surface area contributed by atoms with Gasteiger partial charge in [0.05, 0.1) is 6.04 Å². The van der Waals surface area contributed by atoms with Crippen molar-refractivity contribution in [2.24, 2.45) is 0 Å². The van der Waals surface area contributed by atoms with Crippen molar-refractivity contribution in [1.29, 1.82) is 0 Å². The molecule has 0 saturated carbocycles. The maximum Gasteiger partial charge on any atom is 0.136 e. The van der Waals surface area contributed by atoms with Crippen molar-refractivity contribution in [1.82, 2.24) is 9.71 Å². The summed E-state index contributed by atoms with van der Waals surface area (Å²) in [4.78, 5) is 4.15. The molecule has 1 heterocycles. The van der Waals surface area contributed by atoms with Crippen LogP contribution in [0, 0.1) is 0 Å². The lowest BCUT2D eigenvalue weighted by molar-refractivity contribution is 0.531. The van der Waals surface area contributed by atoms with E-state index in [1.54, 1.807) is 6.20 Å². The Morgan fingerprint density at radius 1 is 1.44 bits per heavy atom. The molecule has 5 heteroatoms. The summed E-state index contributed by atoms with van der Waals surface area (Å²) in [5.41, 5.74) is 1.03. The maximum atomic E-state index is 11.9. The van der Waals surface area contributed by atoms with Gasteiger partial charge < -0.3 is 4.55 Å². The average molecular weight is 305 g/mol. The molecule has 2 atom stereocenters. The first-order valence-corrected chi connectivity index (χ1v) is 7.04. The van der Waals surface area contributed by atoms with Gasteiger partial charge >= 0.3 is 0 Å². The van der Waals surface area contributed by atoms with E-state index in [0.29, 0.717) is 0 Å². The van der Waals surface area contributed by atoms with Crippen LogP contribution in [0.1, 0.15) is 39.3 Å². The smallest absolute Gasteiger partial charge is 0.136 e. The van der Waals surface area contributed by atoms with Crippen molar-refractivity contribution < 1.29 is 4.55 Å². The summed E-state index contributed by atoms with van der Waals surface area (Å²) in [5.74, 6) is 0. The molecule has 3 nitrogen and oxygen atoms in total. The molecule has 0 aromatic carbocycles. The molecule has 1 N–H and O–H groups in total. The van der Waals surface area contributed by atoms with E-state index in [4.69, 9.17) is 0 Å². The van der Waals surface area contributed by atoms with E-state index in [2.05, 4.69) is 25.6 Å². The summed E-state index contributed by atoms with van der Waals surface area (Å²) < 4.78 is 15.5. The molecule has 2 unspecified atom stereocenters. The zero-order chi connectivity index (χ0) is 12.3. The fourth-order valence-corrected chi connectivity index (χ4v) is 2.09. The minimum absolute atomic E-state index is 0.0284. The summed E-state index contributed by atoms with van der Waals surface area (Å²) in [6.07, 6.45) is 1.78. The van der Waals surface area contributed by atoms with Gasteiger partial charge in [0.15, 0.2) is 0 Å². The Kier molecular flexibility index (Phi) is 4.79. The second-order valence-electron chi connectivity index (χ2n) is 4.63. The van der Waals surface area contributed by atoms with Crippen LogP contribution in [0.15, 0.2) is 22.9 Å². The molecule has 0 fully saturated rings. The first-order chi connectivity index (χ1) is 7.30. The third kappa shape index (κ3) is 4.05. The van der Waals surface area contributed by atoms with Gasteiger partial charge in [-0.2, -0.15) is 0 Å². The van der Waals surface area contributed by atoms with E-state index < -0.39 is 11.4 Å². The third-order valence-electron chi connectivity index (χ3n) is 2.09. The van der Waals surface area contributed by atoms with Crippen LogP contribution in [-0.4, -0.2) is 14.3 Å². The van der Waals surface area contributed by atoms with Gasteiger partial charge in [-0.15, -0.1) is 4.72 Å². The fourth-order valence-electron chi connectivity index (χ4n) is 1.05. The van der Waals surface area contributed by atoms with E-state index in [1.807, 2.05) is 39.8 Å². The van der Waals surface area contributed by atoms with Crippen LogP contribution >= 0.6 is 15.9 Å². The molecule has 90 valence electrons. The number of rotatable bonds is 3. The van der Waals surface area contributed by atoms with Crippen molar-refractivity contribution in [2.75, 3.05) is 0 Å². The molecule has 0 bridgehead atoms. The molecular weight excluding hydrogens is 288 g/mol. The van der Waals surface area contributed by atoms with Crippen LogP contribution in [0.4, 0.5) is 0 Å². The summed E-state index contributed by atoms with van der Waals surface area (Å²) in [6.45, 7) is 7.82. The van der Waals surface area contributed by atoms with Crippen LogP contribution in [0.3, 0.4) is 0 Å². The zero-order valence-electron chi connectivity index (χ0n) is 9.95. The van der Waals surface area contributed by atoms with Crippen molar-refractivity contribution >= 4 is 27.3 Å². The Balaban J connectivity index is 2.65. The molecule has 1 aromatic heterocycles. The first-order valence-electron chi connectivity index (χ1n) is 5.10. The van der Waals surface area contributed by atoms with Gasteiger partial charge in [0.2, 0.25) is 0 Å². The van der Waals surface area contributed by atoms with Crippen LogP contribution < -0.4 is 4.72 Å². The maximum absolute atomic E-state index is 11.9. The van der Waals surface area contributed by atoms with E-state index in [-0.39, 0.29) is 10.8 Å². The molecule has 0 aliphatic heterocycles. The molecule has 0 saturated heterocycles. The highest BCUT2D eigenvalue weighted by molar-refractivity contribution is 9.10. The predicted molar refractivity (Wildman–Crippen MR) is 71.4 cm³/mol. The van der Waals surface area contributed by atoms with Crippen LogP contribution in [0.2, 0.25) is 0 Å². The minimum Gasteiger partial charge on any atom is -0.598 e. The molecule has 0 aliphatic carbocycles. The summed E-state index contributed by atoms with van der Waals surface area (Å²) in [7, 11) is 0. The monoisotopic (exact) mass is 304 g/mol. The molecule has 0 aliphatic rings. The van der Waals surface area contributed by atoms with E-state index in [0.717, 1.165) is 10.2 Å². The number of hydrogen-bond acceptors (Lipinski definition) is 3. The van der Waals surface area contributed by atoms with E-state index in [9.17, 15) is 4.55 Å². The number of nitrogens with zero attached hydrogens (tertiary/aromatic N) is 1. The Morgan fingerprint density at radius 3 is 2.50 bits per heavy atom. The van der Waals surface area contributed by atoms with Gasteiger partial charge in [-0.3, -0.25) is 0 Å². The van der Waals surface area contributed by atoms with Crippen molar-refractivity contribution in [3.8, 4) is 0 Å². The highest BCUT2D eigenvalue weighted by Crippen LogP contribution is 2.19. The highest BCUT2D eigenvalue weighted by atomic mass is 79.9. The van der Waals surface area contributed by atoms with Gasteiger partial charge in [-0.05, 0) is 55.3 Å². The van der Waals surface area contributed by atoms with E-state index in [1.165, 1.54) is 0 Å². The second-order valence-corrected chi connectivity index (χ2v) is 7.45. The fraction of sp³-hybridized carbons (Fsp3) is 0.545. The van der Waals surface area contributed by atoms with Gasteiger partial charge in [-0.1, -0.05) is 6.07 Å². The molecule has 0 radical (unpaired) electrons. The van der Waals surface area contributed by atoms with Crippen LogP contribution in [0.25, 0.3) is 0 Å². The Hall–Kier alpha value is -0.100.